The molecule has 0 spiro atoms. The van der Waals surface area contributed by atoms with Crippen LogP contribution < -0.4 is 22.1 Å². The van der Waals surface area contributed by atoms with E-state index in [0.29, 0.717) is 22.3 Å². The van der Waals surface area contributed by atoms with E-state index in [4.69, 9.17) is 11.5 Å². The van der Waals surface area contributed by atoms with E-state index in [9.17, 15) is 0 Å². The van der Waals surface area contributed by atoms with Crippen molar-refractivity contribution in [1.82, 2.24) is 10.6 Å². The van der Waals surface area contributed by atoms with Gasteiger partial charge in [-0.15, -0.1) is 0 Å². The Bertz CT molecular complexity index is 395. The number of hydrogen-bond donors (Lipinski definition) is 4. The van der Waals surface area contributed by atoms with Gasteiger partial charge in [0.2, 0.25) is 0 Å². The molecule has 216 valence electrons. The second kappa shape index (κ2) is 21.9. The molecule has 2 fully saturated rings. The summed E-state index contributed by atoms with van der Waals surface area (Å²) in [5.74, 6) is 1.90. The zero-order valence-electron chi connectivity index (χ0n) is 26.9. The molecule has 0 unspecified atom stereocenters. The summed E-state index contributed by atoms with van der Waals surface area (Å²) in [6.45, 7) is 31.4. The van der Waals surface area contributed by atoms with Crippen molar-refractivity contribution in [3.63, 3.8) is 0 Å². The smallest absolute Gasteiger partial charge is 0.00439 e. The molecule has 4 heteroatoms. The first-order valence-electron chi connectivity index (χ1n) is 14.7. The molecule has 0 atom stereocenters. The third-order valence-electron chi connectivity index (χ3n) is 5.83. The fraction of sp³-hybridized carbons (Fsp3) is 1.00. The third kappa shape index (κ3) is 38.5. The Balaban J connectivity index is -0.000000380. The molecule has 0 aromatic heterocycles. The van der Waals surface area contributed by atoms with Gasteiger partial charge in [0.1, 0.15) is 0 Å². The zero-order valence-corrected chi connectivity index (χ0v) is 26.9. The van der Waals surface area contributed by atoms with E-state index in [0.717, 1.165) is 31.3 Å². The molecule has 35 heavy (non-hydrogen) atoms. The molecule has 0 aromatic rings. The van der Waals surface area contributed by atoms with Crippen LogP contribution in [-0.4, -0.2) is 39.3 Å². The van der Waals surface area contributed by atoms with Crippen molar-refractivity contribution in [3.8, 4) is 0 Å². The molecule has 4 nitrogen and oxygen atoms in total. The zero-order chi connectivity index (χ0) is 28.1. The van der Waals surface area contributed by atoms with Gasteiger partial charge >= 0.3 is 0 Å². The summed E-state index contributed by atoms with van der Waals surface area (Å²) in [5, 5.41) is 6.42. The summed E-state index contributed by atoms with van der Waals surface area (Å²) < 4.78 is 0. The van der Waals surface area contributed by atoms with Gasteiger partial charge in [-0.3, -0.25) is 0 Å². The third-order valence-corrected chi connectivity index (χ3v) is 5.83. The summed E-state index contributed by atoms with van der Waals surface area (Å²) in [7, 11) is 1.99. The Labute approximate surface area is 223 Å². The quantitative estimate of drug-likeness (QED) is 0.303. The largest absolute Gasteiger partial charge is 0.330 e. The van der Waals surface area contributed by atoms with Crippen molar-refractivity contribution >= 4 is 0 Å². The van der Waals surface area contributed by atoms with Crippen molar-refractivity contribution in [1.29, 1.82) is 0 Å². The number of rotatable bonds is 6. The van der Waals surface area contributed by atoms with Gasteiger partial charge < -0.3 is 22.1 Å². The topological polar surface area (TPSA) is 76.1 Å². The molecular weight excluding hydrogens is 428 g/mol. The molecule has 0 aromatic carbocycles. The second-order valence-corrected chi connectivity index (χ2v) is 14.5. The van der Waals surface area contributed by atoms with E-state index in [2.05, 4.69) is 93.7 Å². The Morgan fingerprint density at radius 3 is 1.37 bits per heavy atom. The average molecular weight is 501 g/mol. The van der Waals surface area contributed by atoms with E-state index in [1.54, 1.807) is 0 Å². The van der Waals surface area contributed by atoms with Crippen LogP contribution in [0, 0.1) is 28.1 Å². The molecule has 2 aliphatic rings. The van der Waals surface area contributed by atoms with Crippen molar-refractivity contribution < 1.29 is 0 Å². The van der Waals surface area contributed by atoms with Crippen LogP contribution in [0.5, 0.6) is 0 Å². The minimum Gasteiger partial charge on any atom is -0.330 e. The van der Waals surface area contributed by atoms with Crippen LogP contribution in [0.15, 0.2) is 0 Å². The number of hydrogen-bond acceptors (Lipinski definition) is 4. The standard InChI is InChI=1S/C9H19N.2C7H17N.C5H11N.C3H8/c1-9(2,3)5-4-8-6-10-7-8;1-7(2,3)5-6-8-4;1-7(2,3)5-4-6-8;1-4-2-5(6)3-4;1-3-2/h8,10H,4-7H2,1-3H3;8H,5-6H2,1-4H3;4-6,8H2,1-3H3;4-5H,2-3,6H2,1H3;3H2,1-2H3. The Hall–Kier alpha value is -0.160. The first-order valence-corrected chi connectivity index (χ1v) is 14.7. The van der Waals surface area contributed by atoms with Gasteiger partial charge in [0.25, 0.3) is 0 Å². The molecule has 1 aliphatic carbocycles. The lowest BCUT2D eigenvalue weighted by Gasteiger charge is -2.29. The molecule has 1 aliphatic heterocycles. The van der Waals surface area contributed by atoms with Crippen LogP contribution in [0.1, 0.15) is 134 Å². The Morgan fingerprint density at radius 1 is 0.800 bits per heavy atom. The maximum absolute atomic E-state index is 5.47. The minimum atomic E-state index is 0.472. The first kappa shape index (κ1) is 39.4. The van der Waals surface area contributed by atoms with E-state index < -0.39 is 0 Å². The fourth-order valence-corrected chi connectivity index (χ4v) is 3.29. The molecule has 1 saturated carbocycles. The predicted molar refractivity (Wildman–Crippen MR) is 163 cm³/mol. The predicted octanol–water partition coefficient (Wildman–Crippen LogP) is 7.61. The van der Waals surface area contributed by atoms with Gasteiger partial charge in [-0.25, -0.2) is 0 Å². The van der Waals surface area contributed by atoms with Gasteiger partial charge in [0.15, 0.2) is 0 Å². The Kier molecular flexibility index (Phi) is 24.6. The van der Waals surface area contributed by atoms with Crippen LogP contribution in [0.3, 0.4) is 0 Å². The van der Waals surface area contributed by atoms with Crippen molar-refractivity contribution in [2.45, 2.75) is 140 Å². The molecule has 1 heterocycles. The highest BCUT2D eigenvalue weighted by Gasteiger charge is 2.20. The van der Waals surface area contributed by atoms with Gasteiger partial charge in [-0.1, -0.05) is 89.5 Å². The SMILES string of the molecule is CC(C)(C)CCC1CNC1.CC(C)(C)CCCN.CC1CC(N)C1.CCC.CNCCC(C)(C)C. The monoisotopic (exact) mass is 501 g/mol. The lowest BCUT2D eigenvalue weighted by molar-refractivity contribution is 0.264. The fourth-order valence-electron chi connectivity index (χ4n) is 3.29. The highest BCUT2D eigenvalue weighted by molar-refractivity contribution is 4.78. The summed E-state index contributed by atoms with van der Waals surface area (Å²) in [4.78, 5) is 0. The van der Waals surface area contributed by atoms with Gasteiger partial charge in [0.05, 0.1) is 0 Å². The minimum absolute atomic E-state index is 0.472. The molecule has 0 bridgehead atoms. The van der Waals surface area contributed by atoms with Crippen molar-refractivity contribution in [3.05, 3.63) is 0 Å². The van der Waals surface area contributed by atoms with Crippen LogP contribution in [0.25, 0.3) is 0 Å². The molecule has 0 radical (unpaired) electrons. The number of nitrogens with one attached hydrogen (secondary N) is 2. The lowest BCUT2D eigenvalue weighted by Crippen LogP contribution is -2.42. The van der Waals surface area contributed by atoms with Crippen molar-refractivity contribution in [2.24, 2.45) is 39.5 Å². The van der Waals surface area contributed by atoms with Crippen LogP contribution in [-0.2, 0) is 0 Å². The van der Waals surface area contributed by atoms with Crippen LogP contribution in [0.4, 0.5) is 0 Å². The molecule has 0 amide bonds. The normalized spacial score (nSPS) is 19.6. The second-order valence-electron chi connectivity index (χ2n) is 14.5. The van der Waals surface area contributed by atoms with E-state index in [1.165, 1.54) is 58.0 Å². The molecular formula is C31H72N4. The maximum Gasteiger partial charge on any atom is 0.00439 e. The van der Waals surface area contributed by atoms with Gasteiger partial charge in [-0.05, 0) is 106 Å². The lowest BCUT2D eigenvalue weighted by atomic mass is 9.83. The van der Waals surface area contributed by atoms with Gasteiger partial charge in [-0.2, -0.15) is 0 Å². The summed E-state index contributed by atoms with van der Waals surface area (Å²) in [6.07, 6.45) is 10.2. The van der Waals surface area contributed by atoms with Crippen LogP contribution >= 0.6 is 0 Å². The molecule has 6 N–H and O–H groups in total. The van der Waals surface area contributed by atoms with E-state index in [1.807, 2.05) is 7.05 Å². The Morgan fingerprint density at radius 2 is 1.23 bits per heavy atom. The van der Waals surface area contributed by atoms with E-state index >= 15 is 0 Å². The maximum atomic E-state index is 5.47. The average Bonchev–Trinajstić information content (AvgIpc) is 2.63. The van der Waals surface area contributed by atoms with Gasteiger partial charge in [0, 0.05) is 6.04 Å². The highest BCUT2D eigenvalue weighted by atomic mass is 14.9. The molecule has 1 saturated heterocycles. The highest BCUT2D eigenvalue weighted by Crippen LogP contribution is 2.25. The van der Waals surface area contributed by atoms with Crippen LogP contribution in [0.2, 0.25) is 0 Å². The summed E-state index contributed by atoms with van der Waals surface area (Å²) >= 11 is 0. The summed E-state index contributed by atoms with van der Waals surface area (Å²) in [6, 6.07) is 0.542. The van der Waals surface area contributed by atoms with E-state index in [-0.39, 0.29) is 0 Å². The van der Waals surface area contributed by atoms with Crippen molar-refractivity contribution in [2.75, 3.05) is 33.2 Å². The summed E-state index contributed by atoms with van der Waals surface area (Å²) in [5.41, 5.74) is 12.3. The molecule has 2 rings (SSSR count). The first-order chi connectivity index (χ1) is 15.9. The number of nitrogens with two attached hydrogens (primary N) is 2.